The summed E-state index contributed by atoms with van der Waals surface area (Å²) >= 11 is 8.50. The number of halogens is 1. The number of carbonyl (C=O) groups is 4. The number of carbonyl (C=O) groups excluding carboxylic acids is 3. The summed E-state index contributed by atoms with van der Waals surface area (Å²) in [5, 5.41) is 11.5. The Morgan fingerprint density at radius 2 is 1.91 bits per heavy atom. The molecule has 12 heteroatoms. The van der Waals surface area contributed by atoms with E-state index in [4.69, 9.17) is 21.7 Å². The number of carboxylic acid groups (broad SMARTS) is 1. The summed E-state index contributed by atoms with van der Waals surface area (Å²) in [4.78, 5) is 49.5. The molecule has 10 nitrogen and oxygen atoms in total. The highest BCUT2D eigenvalue weighted by Crippen LogP contribution is 2.35. The second-order valence-electron chi connectivity index (χ2n) is 6.70. The lowest BCUT2D eigenvalue weighted by Crippen LogP contribution is -2.54. The molecule has 0 atom stereocenters. The van der Waals surface area contributed by atoms with Gasteiger partial charge in [0.15, 0.2) is 23.2 Å². The molecule has 0 radical (unpaired) electrons. The molecule has 2 aromatic rings. The highest BCUT2D eigenvalue weighted by molar-refractivity contribution is 9.10. The van der Waals surface area contributed by atoms with Crippen molar-refractivity contribution in [2.75, 3.05) is 25.7 Å². The molecule has 0 unspecified atom stereocenters. The van der Waals surface area contributed by atoms with E-state index in [0.29, 0.717) is 10.0 Å². The second kappa shape index (κ2) is 10.4. The van der Waals surface area contributed by atoms with Crippen LogP contribution in [0.3, 0.4) is 0 Å². The Bertz CT molecular complexity index is 1240. The van der Waals surface area contributed by atoms with Crippen molar-refractivity contribution in [3.63, 3.8) is 0 Å². The van der Waals surface area contributed by atoms with Crippen molar-refractivity contribution in [1.82, 2.24) is 5.32 Å². The van der Waals surface area contributed by atoms with E-state index in [2.05, 4.69) is 26.0 Å². The third-order valence-electron chi connectivity index (χ3n) is 4.61. The Morgan fingerprint density at radius 1 is 1.18 bits per heavy atom. The number of nitrogens with zero attached hydrogens (tertiary/aromatic N) is 1. The van der Waals surface area contributed by atoms with E-state index in [1.165, 1.54) is 56.7 Å². The highest BCUT2D eigenvalue weighted by Gasteiger charge is 2.35. The summed E-state index contributed by atoms with van der Waals surface area (Å²) in [7, 11) is 2.62. The molecule has 0 aromatic heterocycles. The van der Waals surface area contributed by atoms with Crippen molar-refractivity contribution in [3.05, 3.63) is 57.6 Å². The number of esters is 1. The summed E-state index contributed by atoms with van der Waals surface area (Å²) in [6, 6.07) is 8.62. The summed E-state index contributed by atoms with van der Waals surface area (Å²) < 4.78 is 15.7. The molecule has 0 saturated carbocycles. The normalized spacial score (nSPS) is 14.6. The molecule has 1 heterocycles. The lowest BCUT2D eigenvalue weighted by Gasteiger charge is -2.29. The first-order chi connectivity index (χ1) is 16.2. The van der Waals surface area contributed by atoms with Gasteiger partial charge in [-0.25, -0.2) is 9.59 Å². The van der Waals surface area contributed by atoms with Gasteiger partial charge < -0.3 is 19.3 Å². The fourth-order valence-electron chi connectivity index (χ4n) is 2.95. The second-order valence-corrected chi connectivity index (χ2v) is 7.94. The topological polar surface area (TPSA) is 131 Å². The predicted octanol–water partition coefficient (Wildman–Crippen LogP) is 2.54. The molecule has 0 bridgehead atoms. The maximum Gasteiger partial charge on any atom is 0.343 e. The average Bonchev–Trinajstić information content (AvgIpc) is 2.81. The van der Waals surface area contributed by atoms with Gasteiger partial charge in [-0.15, -0.1) is 0 Å². The first kappa shape index (κ1) is 24.9. The van der Waals surface area contributed by atoms with E-state index in [1.54, 1.807) is 0 Å². The fraction of sp³-hybridized carbons (Fsp3) is 0.136. The van der Waals surface area contributed by atoms with E-state index < -0.39 is 23.8 Å². The van der Waals surface area contributed by atoms with E-state index >= 15 is 0 Å². The van der Waals surface area contributed by atoms with Crippen LogP contribution >= 0.6 is 28.1 Å². The number of benzene rings is 2. The third kappa shape index (κ3) is 5.24. The van der Waals surface area contributed by atoms with Gasteiger partial charge in [0.2, 0.25) is 0 Å². The van der Waals surface area contributed by atoms with Crippen LogP contribution in [0, 0.1) is 0 Å². The number of anilines is 1. The molecule has 176 valence electrons. The third-order valence-corrected chi connectivity index (χ3v) is 5.58. The molecule has 0 spiro atoms. The Morgan fingerprint density at radius 3 is 2.56 bits per heavy atom. The van der Waals surface area contributed by atoms with Crippen LogP contribution in [0.5, 0.6) is 11.5 Å². The lowest BCUT2D eigenvalue weighted by molar-refractivity contribution is -0.143. The van der Waals surface area contributed by atoms with Gasteiger partial charge in [0, 0.05) is 4.47 Å². The van der Waals surface area contributed by atoms with Crippen LogP contribution in [0.2, 0.25) is 0 Å². The van der Waals surface area contributed by atoms with Crippen molar-refractivity contribution >= 4 is 68.8 Å². The largest absolute Gasteiger partial charge is 0.493 e. The maximum atomic E-state index is 13.2. The van der Waals surface area contributed by atoms with Crippen LogP contribution in [0.25, 0.3) is 6.08 Å². The SMILES string of the molecule is COC(=O)COc1cc(Br)c(C=C2C(=O)NC(=S)N(c3cccc(C(=O)O)c3)C2=O)cc1OC. The van der Waals surface area contributed by atoms with Crippen LogP contribution < -0.4 is 19.7 Å². The molecule has 2 N–H and O–H groups in total. The highest BCUT2D eigenvalue weighted by atomic mass is 79.9. The molecule has 3 rings (SSSR count). The molecule has 1 aliphatic rings. The molecule has 0 aliphatic carbocycles. The van der Waals surface area contributed by atoms with Gasteiger partial charge in [0.05, 0.1) is 25.5 Å². The Hall–Kier alpha value is -3.77. The number of hydrogen-bond acceptors (Lipinski definition) is 8. The summed E-state index contributed by atoms with van der Waals surface area (Å²) in [6.07, 6.45) is 1.32. The Labute approximate surface area is 207 Å². The number of aromatic carboxylic acids is 1. The van der Waals surface area contributed by atoms with Gasteiger partial charge in [-0.05, 0) is 54.2 Å². The summed E-state index contributed by atoms with van der Waals surface area (Å²) in [5.74, 6) is -2.76. The quantitative estimate of drug-likeness (QED) is 0.232. The van der Waals surface area contributed by atoms with Crippen molar-refractivity contribution in [2.24, 2.45) is 0 Å². The van der Waals surface area contributed by atoms with Crippen LogP contribution in [-0.4, -0.2) is 54.8 Å². The zero-order valence-corrected chi connectivity index (χ0v) is 20.2. The number of ether oxygens (including phenoxy) is 3. The minimum absolute atomic E-state index is 0.0504. The van der Waals surface area contributed by atoms with Gasteiger partial charge in [0.1, 0.15) is 5.57 Å². The zero-order valence-electron chi connectivity index (χ0n) is 17.8. The number of rotatable bonds is 7. The van der Waals surface area contributed by atoms with Crippen molar-refractivity contribution in [1.29, 1.82) is 0 Å². The molecule has 2 aromatic carbocycles. The van der Waals surface area contributed by atoms with Gasteiger partial charge in [0.25, 0.3) is 11.8 Å². The molecule has 2 amide bonds. The number of carboxylic acids is 1. The van der Waals surface area contributed by atoms with Crippen LogP contribution in [0.4, 0.5) is 5.69 Å². The monoisotopic (exact) mass is 548 g/mol. The fourth-order valence-corrected chi connectivity index (χ4v) is 3.67. The molecule has 1 fully saturated rings. The minimum Gasteiger partial charge on any atom is -0.493 e. The maximum absolute atomic E-state index is 13.2. The van der Waals surface area contributed by atoms with Gasteiger partial charge >= 0.3 is 11.9 Å². The summed E-state index contributed by atoms with van der Waals surface area (Å²) in [6.45, 7) is -0.345. The average molecular weight is 549 g/mol. The van der Waals surface area contributed by atoms with Crippen molar-refractivity contribution < 1.29 is 38.5 Å². The van der Waals surface area contributed by atoms with Crippen molar-refractivity contribution in [2.45, 2.75) is 0 Å². The standard InChI is InChI=1S/C22H17BrN2O8S/c1-31-16-8-12(15(23)9-17(16)33-10-18(26)32-2)7-14-19(27)24-22(34)25(20(14)28)13-5-3-4-11(6-13)21(29)30/h3-9H,10H2,1-2H3,(H,29,30)(H,24,27,34). The smallest absolute Gasteiger partial charge is 0.343 e. The number of amides is 2. The first-order valence-corrected chi connectivity index (χ1v) is 10.7. The van der Waals surface area contributed by atoms with Crippen LogP contribution in [0.1, 0.15) is 15.9 Å². The Balaban J connectivity index is 1.99. The van der Waals surface area contributed by atoms with Crippen molar-refractivity contribution in [3.8, 4) is 11.5 Å². The number of nitrogens with one attached hydrogen (secondary N) is 1. The first-order valence-electron chi connectivity index (χ1n) is 9.48. The number of methoxy groups -OCH3 is 2. The number of thiocarbonyl (C=S) groups is 1. The van der Waals surface area contributed by atoms with Crippen LogP contribution in [-0.2, 0) is 19.1 Å². The van der Waals surface area contributed by atoms with Crippen LogP contribution in [0.15, 0.2) is 46.4 Å². The number of hydrogen-bond donors (Lipinski definition) is 2. The Kier molecular flexibility index (Phi) is 7.64. The molecular formula is C22H17BrN2O8S. The van der Waals surface area contributed by atoms with Gasteiger partial charge in [-0.2, -0.15) is 0 Å². The summed E-state index contributed by atoms with van der Waals surface area (Å²) in [5.41, 5.74) is 0.280. The van der Waals surface area contributed by atoms with Gasteiger partial charge in [-0.3, -0.25) is 19.8 Å². The molecule has 34 heavy (non-hydrogen) atoms. The minimum atomic E-state index is -1.18. The van der Waals surface area contributed by atoms with E-state index in [1.807, 2.05) is 0 Å². The van der Waals surface area contributed by atoms with E-state index in [9.17, 15) is 24.3 Å². The van der Waals surface area contributed by atoms with E-state index in [0.717, 1.165) is 4.90 Å². The zero-order chi connectivity index (χ0) is 25.0. The van der Waals surface area contributed by atoms with Gasteiger partial charge in [-0.1, -0.05) is 22.0 Å². The molecule has 1 saturated heterocycles. The van der Waals surface area contributed by atoms with E-state index in [-0.39, 0.29) is 40.0 Å². The predicted molar refractivity (Wildman–Crippen MR) is 128 cm³/mol. The molecule has 1 aliphatic heterocycles. The molecular weight excluding hydrogens is 532 g/mol. The lowest BCUT2D eigenvalue weighted by atomic mass is 10.1.